The fourth-order valence-electron chi connectivity index (χ4n) is 0.285. The molecule has 0 radical (unpaired) electrons. The van der Waals surface area contributed by atoms with Gasteiger partial charge >= 0.3 is 51.4 Å². The molecule has 0 amide bonds. The van der Waals surface area contributed by atoms with Crippen molar-refractivity contribution in [3.05, 3.63) is 0 Å². The van der Waals surface area contributed by atoms with Crippen molar-refractivity contribution in [3.8, 4) is 0 Å². The van der Waals surface area contributed by atoms with Gasteiger partial charge in [0.2, 0.25) is 0 Å². The molecular weight excluding hydrogens is 185 g/mol. The molecule has 0 fully saturated rings. The molecule has 0 atom stereocenters. The van der Waals surface area contributed by atoms with E-state index in [4.69, 9.17) is 5.21 Å². The van der Waals surface area contributed by atoms with Crippen LogP contribution in [0, 0.1) is 0 Å². The van der Waals surface area contributed by atoms with E-state index >= 15 is 0 Å². The van der Waals surface area contributed by atoms with Crippen LogP contribution in [0.5, 0.6) is 0 Å². The summed E-state index contributed by atoms with van der Waals surface area (Å²) >= 11 is 0. The normalized spacial score (nSPS) is 12.4. The minimum absolute atomic E-state index is 0. The zero-order chi connectivity index (χ0) is 7.49. The molecule has 0 aromatic carbocycles. The number of hydrogen-bond acceptors (Lipinski definition) is 5. The molecule has 0 aliphatic rings. The van der Waals surface area contributed by atoms with E-state index in [2.05, 4.69) is 5.16 Å². The Bertz CT molecular complexity index is 209. The van der Waals surface area contributed by atoms with Gasteiger partial charge in [0.15, 0.2) is 0 Å². The van der Waals surface area contributed by atoms with E-state index in [1.54, 1.807) is 0 Å². The second-order valence-corrected chi connectivity index (χ2v) is 2.94. The summed E-state index contributed by atoms with van der Waals surface area (Å²) in [4.78, 5) is 0. The van der Waals surface area contributed by atoms with E-state index in [9.17, 15) is 13.0 Å². The Labute approximate surface area is 102 Å². The van der Waals surface area contributed by atoms with E-state index in [1.165, 1.54) is 6.92 Å². The van der Waals surface area contributed by atoms with Crippen LogP contribution in [0.3, 0.4) is 0 Å². The maximum Gasteiger partial charge on any atom is 1.00 e. The third kappa shape index (κ3) is 9.02. The van der Waals surface area contributed by atoms with Crippen molar-refractivity contribution in [2.24, 2.45) is 5.16 Å². The zero-order valence-electron chi connectivity index (χ0n) is 5.73. The van der Waals surface area contributed by atoms with Crippen LogP contribution in [0.15, 0.2) is 5.16 Å². The van der Waals surface area contributed by atoms with Crippen molar-refractivity contribution in [3.63, 3.8) is 0 Å². The molecule has 0 aromatic heterocycles. The van der Waals surface area contributed by atoms with Gasteiger partial charge in [-0.25, -0.2) is 8.42 Å². The Morgan fingerprint density at radius 1 is 1.70 bits per heavy atom. The molecule has 7 heteroatoms. The van der Waals surface area contributed by atoms with Gasteiger partial charge in [-0.2, -0.15) is 0 Å². The van der Waals surface area contributed by atoms with Crippen LogP contribution < -0.4 is 51.4 Å². The van der Waals surface area contributed by atoms with Gasteiger partial charge in [-0.1, -0.05) is 5.16 Å². The summed E-state index contributed by atoms with van der Waals surface area (Å²) in [5.41, 5.74) is -0.106. The molecule has 5 nitrogen and oxygen atoms in total. The van der Waals surface area contributed by atoms with Gasteiger partial charge in [0, 0.05) is 0 Å². The second-order valence-electron chi connectivity index (χ2n) is 1.54. The first kappa shape index (κ1) is 13.6. The molecule has 10 heavy (non-hydrogen) atoms. The van der Waals surface area contributed by atoms with Crippen molar-refractivity contribution in [2.45, 2.75) is 6.92 Å². The van der Waals surface area contributed by atoms with Crippen LogP contribution in [0.25, 0.3) is 0 Å². The van der Waals surface area contributed by atoms with E-state index in [0.717, 1.165) is 0 Å². The molecule has 0 aliphatic carbocycles. The molecule has 0 saturated heterocycles. The minimum atomic E-state index is -4.28. The zero-order valence-corrected chi connectivity index (χ0v) is 9.67. The SMILES string of the molecule is CC(CS(=O)(=O)[O-])=NO.[K+]. The summed E-state index contributed by atoms with van der Waals surface area (Å²) in [6.07, 6.45) is 0. The first-order chi connectivity index (χ1) is 3.95. The summed E-state index contributed by atoms with van der Waals surface area (Å²) in [5.74, 6) is -0.733. The second kappa shape index (κ2) is 5.64. The van der Waals surface area contributed by atoms with Gasteiger partial charge in [-0.15, -0.1) is 0 Å². The Kier molecular flexibility index (Phi) is 7.67. The van der Waals surface area contributed by atoms with Crippen LogP contribution in [-0.4, -0.2) is 29.6 Å². The van der Waals surface area contributed by atoms with Crippen molar-refractivity contribution in [1.82, 2.24) is 0 Å². The quantitative estimate of drug-likeness (QED) is 0.160. The predicted molar refractivity (Wildman–Crippen MR) is 29.5 cm³/mol. The first-order valence-corrected chi connectivity index (χ1v) is 3.64. The van der Waals surface area contributed by atoms with Crippen LogP contribution >= 0.6 is 0 Å². The molecule has 1 N–H and O–H groups in total. The van der Waals surface area contributed by atoms with Crippen LogP contribution in [0.1, 0.15) is 6.92 Å². The fraction of sp³-hybridized carbons (Fsp3) is 0.667. The number of rotatable bonds is 2. The Morgan fingerprint density at radius 3 is 2.20 bits per heavy atom. The van der Waals surface area contributed by atoms with Crippen molar-refractivity contribution < 1.29 is 69.6 Å². The Balaban J connectivity index is 0. The van der Waals surface area contributed by atoms with Gasteiger partial charge < -0.3 is 9.76 Å². The summed E-state index contributed by atoms with van der Waals surface area (Å²) in [6, 6.07) is 0. The Morgan fingerprint density at radius 2 is 2.10 bits per heavy atom. The largest absolute Gasteiger partial charge is 1.00 e. The third-order valence-corrected chi connectivity index (χ3v) is 1.33. The van der Waals surface area contributed by atoms with Crippen LogP contribution in [0.2, 0.25) is 0 Å². The standard InChI is InChI=1S/C3H7NO4S.K/c1-3(4-5)2-9(6,7)8;/h5H,2H2,1H3,(H,6,7,8);/q;+1/p-1. The predicted octanol–water partition coefficient (Wildman–Crippen LogP) is -3.61. The molecule has 0 saturated carbocycles. The minimum Gasteiger partial charge on any atom is -0.748 e. The van der Waals surface area contributed by atoms with Crippen molar-refractivity contribution in [1.29, 1.82) is 0 Å². The number of nitrogens with zero attached hydrogens (tertiary/aromatic N) is 1. The number of oxime groups is 1. The fourth-order valence-corrected chi connectivity index (χ4v) is 0.854. The molecular formula is C3H6KNO4S. The topological polar surface area (TPSA) is 89.8 Å². The average Bonchev–Trinajstić information content (AvgIpc) is 1.62. The molecule has 0 aliphatic heterocycles. The van der Waals surface area contributed by atoms with Gasteiger partial charge in [-0.05, 0) is 6.92 Å². The molecule has 0 unspecified atom stereocenters. The summed E-state index contributed by atoms with van der Waals surface area (Å²) < 4.78 is 29.6. The first-order valence-electron chi connectivity index (χ1n) is 2.07. The molecule has 0 heterocycles. The maximum absolute atomic E-state index is 9.85. The van der Waals surface area contributed by atoms with Crippen molar-refractivity contribution >= 4 is 15.8 Å². The van der Waals surface area contributed by atoms with E-state index < -0.39 is 15.9 Å². The van der Waals surface area contributed by atoms with E-state index in [-0.39, 0.29) is 57.1 Å². The van der Waals surface area contributed by atoms with Crippen molar-refractivity contribution in [2.75, 3.05) is 5.75 Å². The number of hydrogen-bond donors (Lipinski definition) is 1. The smallest absolute Gasteiger partial charge is 0.748 e. The molecule has 0 rings (SSSR count). The van der Waals surface area contributed by atoms with Gasteiger partial charge in [0.05, 0.1) is 11.5 Å². The van der Waals surface area contributed by atoms with Gasteiger partial charge in [0.1, 0.15) is 10.1 Å². The monoisotopic (exact) mass is 191 g/mol. The summed E-state index contributed by atoms with van der Waals surface area (Å²) in [5, 5.41) is 10.4. The van der Waals surface area contributed by atoms with E-state index in [1.807, 2.05) is 0 Å². The third-order valence-electron chi connectivity index (χ3n) is 0.556. The molecule has 0 spiro atoms. The van der Waals surface area contributed by atoms with Gasteiger partial charge in [0.25, 0.3) is 0 Å². The average molecular weight is 191 g/mol. The maximum atomic E-state index is 9.85. The molecule has 0 aromatic rings. The molecule has 54 valence electrons. The van der Waals surface area contributed by atoms with Crippen LogP contribution in [0.4, 0.5) is 0 Å². The van der Waals surface area contributed by atoms with Crippen LogP contribution in [-0.2, 0) is 10.1 Å². The van der Waals surface area contributed by atoms with Gasteiger partial charge in [-0.3, -0.25) is 0 Å². The summed E-state index contributed by atoms with van der Waals surface area (Å²) in [6.45, 7) is 1.25. The molecule has 0 bridgehead atoms. The summed E-state index contributed by atoms with van der Waals surface area (Å²) in [7, 11) is -4.28. The Hall–Kier alpha value is 1.02. The van der Waals surface area contributed by atoms with E-state index in [0.29, 0.717) is 0 Å².